The van der Waals surface area contributed by atoms with Gasteiger partial charge in [-0.25, -0.2) is 0 Å². The van der Waals surface area contributed by atoms with Crippen LogP contribution >= 0.6 is 0 Å². The van der Waals surface area contributed by atoms with Gasteiger partial charge < -0.3 is 15.0 Å². The molecule has 0 radical (unpaired) electrons. The summed E-state index contributed by atoms with van der Waals surface area (Å²) in [7, 11) is 0. The maximum Gasteiger partial charge on any atom is 1.00 e. The first kappa shape index (κ1) is 15.3. The second kappa shape index (κ2) is 8.47. The van der Waals surface area contributed by atoms with Crippen molar-refractivity contribution in [1.29, 1.82) is 0 Å². The first-order valence-corrected chi connectivity index (χ1v) is 3.12. The molecule has 6 heteroatoms. The SMILES string of the molecule is O=C([O-])c1ccccc1O.O=C=O.[Na+]. The Morgan fingerprint density at radius 2 is 1.71 bits per heavy atom. The summed E-state index contributed by atoms with van der Waals surface area (Å²) in [4.78, 5) is 26.4. The van der Waals surface area contributed by atoms with Crippen LogP contribution in [-0.2, 0) is 9.59 Å². The van der Waals surface area contributed by atoms with E-state index in [-0.39, 0.29) is 47.0 Å². The Labute approximate surface area is 102 Å². The van der Waals surface area contributed by atoms with E-state index >= 15 is 0 Å². The fourth-order valence-electron chi connectivity index (χ4n) is 0.646. The number of aromatic hydroxyl groups is 1. The Morgan fingerprint density at radius 1 is 1.29 bits per heavy atom. The number of phenols is 1. The standard InChI is InChI=1S/C7H6O3.CO2.Na/c8-6-4-2-1-3-5(6)7(9)10;2-1-3;/h1-4,8H,(H,9,10);;/q;;+1/p-1. The molecule has 0 aliphatic heterocycles. The summed E-state index contributed by atoms with van der Waals surface area (Å²) >= 11 is 0. The number of hydrogen-bond acceptors (Lipinski definition) is 5. The Hall–Kier alpha value is -1.13. The third-order valence-electron chi connectivity index (χ3n) is 1.12. The van der Waals surface area contributed by atoms with Gasteiger partial charge in [-0.05, 0) is 12.1 Å². The molecule has 0 aromatic heterocycles. The van der Waals surface area contributed by atoms with Crippen LogP contribution in [0.4, 0.5) is 0 Å². The number of para-hydroxylation sites is 1. The smallest absolute Gasteiger partial charge is 0.545 e. The van der Waals surface area contributed by atoms with Crippen LogP contribution in [0.1, 0.15) is 10.4 Å². The van der Waals surface area contributed by atoms with Crippen molar-refractivity contribution in [3.8, 4) is 5.75 Å². The monoisotopic (exact) mass is 204 g/mol. The molecule has 0 saturated heterocycles. The summed E-state index contributed by atoms with van der Waals surface area (Å²) in [6.45, 7) is 0. The molecule has 0 spiro atoms. The number of rotatable bonds is 1. The van der Waals surface area contributed by atoms with E-state index in [1.54, 1.807) is 6.07 Å². The Bertz CT molecular complexity index is 330. The first-order chi connectivity index (χ1) is 6.13. The van der Waals surface area contributed by atoms with Crippen molar-refractivity contribution in [2.45, 2.75) is 0 Å². The average Bonchev–Trinajstić information content (AvgIpc) is 2.06. The molecule has 0 saturated carbocycles. The van der Waals surface area contributed by atoms with Crippen molar-refractivity contribution in [1.82, 2.24) is 0 Å². The van der Waals surface area contributed by atoms with Gasteiger partial charge >= 0.3 is 35.7 Å². The van der Waals surface area contributed by atoms with Crippen LogP contribution in [0.5, 0.6) is 5.75 Å². The van der Waals surface area contributed by atoms with E-state index in [4.69, 9.17) is 14.7 Å². The van der Waals surface area contributed by atoms with Gasteiger partial charge in [0.15, 0.2) is 0 Å². The molecule has 1 rings (SSSR count). The van der Waals surface area contributed by atoms with Crippen molar-refractivity contribution in [2.24, 2.45) is 0 Å². The molecule has 14 heavy (non-hydrogen) atoms. The predicted molar refractivity (Wildman–Crippen MR) is 37.4 cm³/mol. The van der Waals surface area contributed by atoms with E-state index in [1.165, 1.54) is 18.2 Å². The second-order valence-corrected chi connectivity index (χ2v) is 1.89. The van der Waals surface area contributed by atoms with E-state index in [0.717, 1.165) is 0 Å². The molecule has 0 aliphatic carbocycles. The minimum Gasteiger partial charge on any atom is -0.545 e. The Morgan fingerprint density at radius 3 is 2.00 bits per heavy atom. The van der Waals surface area contributed by atoms with Gasteiger partial charge in [-0.3, -0.25) is 0 Å². The largest absolute Gasteiger partial charge is 1.00 e. The maximum atomic E-state index is 10.2. The molecule has 68 valence electrons. The molecule has 0 unspecified atom stereocenters. The second-order valence-electron chi connectivity index (χ2n) is 1.89. The van der Waals surface area contributed by atoms with Crippen molar-refractivity contribution in [3.63, 3.8) is 0 Å². The Balaban J connectivity index is 0. The fraction of sp³-hybridized carbons (Fsp3) is 0. The van der Waals surface area contributed by atoms with Gasteiger partial charge in [0.05, 0.1) is 5.97 Å². The van der Waals surface area contributed by atoms with Crippen LogP contribution in [0.15, 0.2) is 24.3 Å². The molecule has 0 amide bonds. The van der Waals surface area contributed by atoms with Crippen LogP contribution in [0.2, 0.25) is 0 Å². The van der Waals surface area contributed by atoms with E-state index in [1.807, 2.05) is 0 Å². The summed E-state index contributed by atoms with van der Waals surface area (Å²) < 4.78 is 0. The molecular weight excluding hydrogens is 199 g/mol. The molecule has 1 N–H and O–H groups in total. The van der Waals surface area contributed by atoms with Crippen LogP contribution < -0.4 is 34.7 Å². The van der Waals surface area contributed by atoms with Crippen molar-refractivity contribution in [3.05, 3.63) is 29.8 Å². The first-order valence-electron chi connectivity index (χ1n) is 3.12. The zero-order valence-corrected chi connectivity index (χ0v) is 9.39. The third kappa shape index (κ3) is 5.50. The molecule has 0 heterocycles. The van der Waals surface area contributed by atoms with E-state index < -0.39 is 5.97 Å². The number of carboxylic acids is 1. The summed E-state index contributed by atoms with van der Waals surface area (Å²) in [5.74, 6) is -1.62. The number of benzene rings is 1. The summed E-state index contributed by atoms with van der Waals surface area (Å²) in [6, 6.07) is 5.64. The van der Waals surface area contributed by atoms with Gasteiger partial charge in [0.2, 0.25) is 0 Å². The number of carboxylic acid groups (broad SMARTS) is 1. The minimum atomic E-state index is -1.36. The molecule has 5 nitrogen and oxygen atoms in total. The summed E-state index contributed by atoms with van der Waals surface area (Å²) in [5.41, 5.74) is -0.178. The van der Waals surface area contributed by atoms with Gasteiger partial charge in [0, 0.05) is 5.56 Å². The topological polar surface area (TPSA) is 94.5 Å². The van der Waals surface area contributed by atoms with Crippen LogP contribution in [-0.4, -0.2) is 17.2 Å². The number of aromatic carboxylic acids is 1. The average molecular weight is 204 g/mol. The van der Waals surface area contributed by atoms with Crippen molar-refractivity contribution >= 4 is 12.1 Å². The quantitative estimate of drug-likeness (QED) is 0.473. The van der Waals surface area contributed by atoms with Crippen LogP contribution in [0.3, 0.4) is 0 Å². The molecule has 0 aliphatic rings. The van der Waals surface area contributed by atoms with Crippen LogP contribution in [0.25, 0.3) is 0 Å². The van der Waals surface area contributed by atoms with E-state index in [0.29, 0.717) is 0 Å². The molecule has 0 atom stereocenters. The molecule has 1 aromatic rings. The van der Waals surface area contributed by atoms with Gasteiger partial charge in [0.25, 0.3) is 0 Å². The summed E-state index contributed by atoms with van der Waals surface area (Å²) in [6.07, 6.45) is 0.250. The maximum absolute atomic E-state index is 10.2. The van der Waals surface area contributed by atoms with Crippen molar-refractivity contribution < 1.29 is 54.2 Å². The van der Waals surface area contributed by atoms with E-state index in [2.05, 4.69) is 0 Å². The number of hydrogen-bond donors (Lipinski definition) is 1. The zero-order chi connectivity index (χ0) is 10.3. The van der Waals surface area contributed by atoms with Crippen molar-refractivity contribution in [2.75, 3.05) is 0 Å². The minimum absolute atomic E-state index is 0. The van der Waals surface area contributed by atoms with Crippen LogP contribution in [0, 0.1) is 0 Å². The van der Waals surface area contributed by atoms with Gasteiger partial charge in [-0.1, -0.05) is 12.1 Å². The third-order valence-corrected chi connectivity index (χ3v) is 1.12. The van der Waals surface area contributed by atoms with E-state index in [9.17, 15) is 9.90 Å². The number of carbonyl (C=O) groups excluding carboxylic acids is 3. The zero-order valence-electron chi connectivity index (χ0n) is 7.39. The van der Waals surface area contributed by atoms with Gasteiger partial charge in [0.1, 0.15) is 5.75 Å². The number of carbonyl (C=O) groups is 1. The molecule has 0 fully saturated rings. The van der Waals surface area contributed by atoms with Gasteiger partial charge in [-0.2, -0.15) is 9.59 Å². The Kier molecular flexibility index (Phi) is 9.28. The molecular formula is C8H5NaO5. The predicted octanol–water partition coefficient (Wildman–Crippen LogP) is -3.82. The normalized spacial score (nSPS) is 7.14. The van der Waals surface area contributed by atoms with Gasteiger partial charge in [-0.15, -0.1) is 0 Å². The molecule has 0 bridgehead atoms. The summed E-state index contributed by atoms with van der Waals surface area (Å²) in [5, 5.41) is 19.0. The molecule has 1 aromatic carbocycles. The fourth-order valence-corrected chi connectivity index (χ4v) is 0.646.